The summed E-state index contributed by atoms with van der Waals surface area (Å²) in [5.41, 5.74) is 2.64. The quantitative estimate of drug-likeness (QED) is 0.385. The zero-order chi connectivity index (χ0) is 16.8. The van der Waals surface area contributed by atoms with Gasteiger partial charge in [0, 0.05) is 12.3 Å². The van der Waals surface area contributed by atoms with Gasteiger partial charge >= 0.3 is 0 Å². The first kappa shape index (κ1) is 15.6. The molecule has 3 aromatic rings. The zero-order valence-corrected chi connectivity index (χ0v) is 12.9. The van der Waals surface area contributed by atoms with Gasteiger partial charge in [-0.3, -0.25) is 15.1 Å². The fourth-order valence-electron chi connectivity index (χ4n) is 2.55. The topological polar surface area (TPSA) is 55.5 Å². The number of para-hydroxylation sites is 1. The highest BCUT2D eigenvalue weighted by atomic mass is 16.6. The van der Waals surface area contributed by atoms with Crippen molar-refractivity contribution in [3.63, 3.8) is 0 Å². The number of nitro groups is 1. The fourth-order valence-corrected chi connectivity index (χ4v) is 2.55. The van der Waals surface area contributed by atoms with Gasteiger partial charge in [0.1, 0.15) is 0 Å². The number of nitrogens with zero attached hydrogens (tertiary/aromatic N) is 2. The van der Waals surface area contributed by atoms with Crippen LogP contribution in [0.4, 0.5) is 5.69 Å². The molecular formula is C20H16N2O2. The fraction of sp³-hybridized carbons (Fsp3) is 0.0500. The maximum Gasteiger partial charge on any atom is 0.278 e. The van der Waals surface area contributed by atoms with Crippen molar-refractivity contribution in [2.24, 2.45) is 4.99 Å². The maximum atomic E-state index is 11.2. The first-order chi connectivity index (χ1) is 11.8. The molecule has 0 aliphatic rings. The SMILES string of the molecule is O=[N+]([O-])c1ccccc1C=NC(c1ccccc1)c1ccccc1. The van der Waals surface area contributed by atoms with E-state index >= 15 is 0 Å². The van der Waals surface area contributed by atoms with Crippen LogP contribution in [0.5, 0.6) is 0 Å². The predicted octanol–water partition coefficient (Wildman–Crippen LogP) is 4.80. The molecule has 3 aromatic carbocycles. The molecule has 0 N–H and O–H groups in total. The van der Waals surface area contributed by atoms with Crippen LogP contribution in [-0.2, 0) is 0 Å². The van der Waals surface area contributed by atoms with E-state index in [1.54, 1.807) is 24.4 Å². The number of hydrogen-bond donors (Lipinski definition) is 0. The van der Waals surface area contributed by atoms with Gasteiger partial charge in [0.25, 0.3) is 5.69 Å². The minimum Gasteiger partial charge on any atom is -0.279 e. The molecule has 0 radical (unpaired) electrons. The van der Waals surface area contributed by atoms with E-state index in [2.05, 4.69) is 4.99 Å². The van der Waals surface area contributed by atoms with Crippen molar-refractivity contribution in [1.82, 2.24) is 0 Å². The molecule has 0 aliphatic carbocycles. The van der Waals surface area contributed by atoms with Crippen molar-refractivity contribution in [1.29, 1.82) is 0 Å². The molecule has 0 atom stereocenters. The highest BCUT2D eigenvalue weighted by Crippen LogP contribution is 2.26. The van der Waals surface area contributed by atoms with Crippen molar-refractivity contribution in [3.8, 4) is 0 Å². The summed E-state index contributed by atoms with van der Waals surface area (Å²) in [4.78, 5) is 15.4. The van der Waals surface area contributed by atoms with Crippen molar-refractivity contribution in [3.05, 3.63) is 112 Å². The Bertz CT molecular complexity index is 806. The van der Waals surface area contributed by atoms with Gasteiger partial charge in [-0.25, -0.2) is 0 Å². The first-order valence-electron chi connectivity index (χ1n) is 7.62. The number of nitro benzene ring substituents is 1. The minimum absolute atomic E-state index is 0.0566. The number of rotatable bonds is 5. The lowest BCUT2D eigenvalue weighted by Crippen LogP contribution is -2.00. The van der Waals surface area contributed by atoms with Gasteiger partial charge in [-0.2, -0.15) is 0 Å². The van der Waals surface area contributed by atoms with Crippen LogP contribution < -0.4 is 0 Å². The Morgan fingerprint density at radius 1 is 0.792 bits per heavy atom. The molecule has 0 aliphatic heterocycles. The standard InChI is InChI=1S/C20H16N2O2/c23-22(24)19-14-8-7-13-18(19)15-21-20(16-9-3-1-4-10-16)17-11-5-2-6-12-17/h1-15,20H. The number of aliphatic imine (C=N–C) groups is 1. The average molecular weight is 316 g/mol. The van der Waals surface area contributed by atoms with Crippen LogP contribution in [0.1, 0.15) is 22.7 Å². The molecule has 3 rings (SSSR count). The van der Waals surface area contributed by atoms with Crippen molar-refractivity contribution in [2.45, 2.75) is 6.04 Å². The van der Waals surface area contributed by atoms with Crippen LogP contribution in [0.3, 0.4) is 0 Å². The van der Waals surface area contributed by atoms with Gasteiger partial charge in [0.15, 0.2) is 0 Å². The summed E-state index contributed by atoms with van der Waals surface area (Å²) < 4.78 is 0. The molecule has 24 heavy (non-hydrogen) atoms. The lowest BCUT2D eigenvalue weighted by atomic mass is 9.99. The predicted molar refractivity (Wildman–Crippen MR) is 95.4 cm³/mol. The molecule has 0 fully saturated rings. The van der Waals surface area contributed by atoms with Gasteiger partial charge < -0.3 is 0 Å². The molecule has 0 saturated heterocycles. The monoisotopic (exact) mass is 316 g/mol. The van der Waals surface area contributed by atoms with E-state index in [4.69, 9.17) is 0 Å². The molecule has 0 spiro atoms. The van der Waals surface area contributed by atoms with Crippen molar-refractivity contribution >= 4 is 11.9 Å². The molecule has 0 unspecified atom stereocenters. The Balaban J connectivity index is 2.01. The summed E-state index contributed by atoms with van der Waals surface area (Å²) in [5.74, 6) is 0. The molecule has 0 amide bonds. The molecule has 0 heterocycles. The van der Waals surface area contributed by atoms with Crippen LogP contribution in [0.15, 0.2) is 89.9 Å². The van der Waals surface area contributed by atoms with E-state index in [0.29, 0.717) is 5.56 Å². The second kappa shape index (κ2) is 7.33. The summed E-state index contributed by atoms with van der Waals surface area (Å²) in [6.45, 7) is 0. The van der Waals surface area contributed by atoms with Gasteiger partial charge in [0.2, 0.25) is 0 Å². The largest absolute Gasteiger partial charge is 0.279 e. The van der Waals surface area contributed by atoms with E-state index < -0.39 is 0 Å². The highest BCUT2D eigenvalue weighted by molar-refractivity contribution is 5.85. The zero-order valence-electron chi connectivity index (χ0n) is 12.9. The third-order valence-corrected chi connectivity index (χ3v) is 3.73. The van der Waals surface area contributed by atoms with Crippen molar-refractivity contribution < 1.29 is 4.92 Å². The maximum absolute atomic E-state index is 11.2. The molecule has 0 saturated carbocycles. The second-order valence-corrected chi connectivity index (χ2v) is 5.32. The lowest BCUT2D eigenvalue weighted by molar-refractivity contribution is -0.385. The van der Waals surface area contributed by atoms with Crippen LogP contribution in [0.25, 0.3) is 0 Å². The van der Waals surface area contributed by atoms with Gasteiger partial charge in [-0.05, 0) is 17.2 Å². The third kappa shape index (κ3) is 3.55. The molecule has 118 valence electrons. The van der Waals surface area contributed by atoms with Crippen molar-refractivity contribution in [2.75, 3.05) is 0 Å². The highest BCUT2D eigenvalue weighted by Gasteiger charge is 2.14. The second-order valence-electron chi connectivity index (χ2n) is 5.32. The Kier molecular flexibility index (Phi) is 4.77. The Labute approximate surface area is 140 Å². The molecule has 4 heteroatoms. The molecule has 0 bridgehead atoms. The van der Waals surface area contributed by atoms with E-state index in [0.717, 1.165) is 11.1 Å². The van der Waals surface area contributed by atoms with E-state index in [1.807, 2.05) is 60.7 Å². The van der Waals surface area contributed by atoms with Gasteiger partial charge in [-0.1, -0.05) is 72.8 Å². The Morgan fingerprint density at radius 3 is 1.83 bits per heavy atom. The normalized spacial score (nSPS) is 11.0. The van der Waals surface area contributed by atoms with Gasteiger partial charge in [-0.15, -0.1) is 0 Å². The summed E-state index contributed by atoms with van der Waals surface area (Å²) in [6.07, 6.45) is 1.59. The van der Waals surface area contributed by atoms with E-state index in [9.17, 15) is 10.1 Å². The van der Waals surface area contributed by atoms with Crippen LogP contribution in [0, 0.1) is 10.1 Å². The summed E-state index contributed by atoms with van der Waals surface area (Å²) in [6, 6.07) is 26.2. The molecule has 4 nitrogen and oxygen atoms in total. The Morgan fingerprint density at radius 2 is 1.29 bits per heavy atom. The summed E-state index contributed by atoms with van der Waals surface area (Å²) in [5, 5.41) is 11.2. The lowest BCUT2D eigenvalue weighted by Gasteiger charge is -2.13. The van der Waals surface area contributed by atoms with Crippen LogP contribution >= 0.6 is 0 Å². The molecular weight excluding hydrogens is 300 g/mol. The average Bonchev–Trinajstić information content (AvgIpc) is 2.64. The molecule has 0 aromatic heterocycles. The summed E-state index contributed by atoms with van der Waals surface area (Å²) in [7, 11) is 0. The van der Waals surface area contributed by atoms with Crippen LogP contribution in [0.2, 0.25) is 0 Å². The van der Waals surface area contributed by atoms with Gasteiger partial charge in [0.05, 0.1) is 16.5 Å². The minimum atomic E-state index is -0.388. The third-order valence-electron chi connectivity index (χ3n) is 3.73. The van der Waals surface area contributed by atoms with E-state index in [-0.39, 0.29) is 16.7 Å². The Hall–Kier alpha value is -3.27. The first-order valence-corrected chi connectivity index (χ1v) is 7.62. The van der Waals surface area contributed by atoms with Crippen LogP contribution in [-0.4, -0.2) is 11.1 Å². The number of hydrogen-bond acceptors (Lipinski definition) is 3. The smallest absolute Gasteiger partial charge is 0.278 e. The summed E-state index contributed by atoms with van der Waals surface area (Å²) >= 11 is 0. The van der Waals surface area contributed by atoms with E-state index in [1.165, 1.54) is 6.07 Å². The number of benzene rings is 3.